The molecule has 0 amide bonds. The molecule has 7 nitrogen and oxygen atoms in total. The van der Waals surface area contributed by atoms with Crippen LogP contribution < -0.4 is 5.32 Å². The minimum atomic E-state index is -0.552. The van der Waals surface area contributed by atoms with Crippen molar-refractivity contribution in [2.75, 3.05) is 19.5 Å². The average molecular weight is 379 g/mol. The molecular weight excluding hydrogens is 358 g/mol. The largest absolute Gasteiger partial charge is 0.465 e. The molecule has 1 aromatic heterocycles. The summed E-state index contributed by atoms with van der Waals surface area (Å²) in [5.74, 6) is 0.316. The predicted octanol–water partition coefficient (Wildman–Crippen LogP) is 4.07. The third kappa shape index (κ3) is 3.93. The highest BCUT2D eigenvalue weighted by molar-refractivity contribution is 5.98. The fourth-order valence-corrected chi connectivity index (χ4v) is 2.76. The quantitative estimate of drug-likeness (QED) is 0.668. The van der Waals surface area contributed by atoms with Gasteiger partial charge in [0.05, 0.1) is 30.9 Å². The first-order valence-electron chi connectivity index (χ1n) is 8.78. The van der Waals surface area contributed by atoms with Crippen molar-refractivity contribution in [1.82, 2.24) is 9.97 Å². The summed E-state index contributed by atoms with van der Waals surface area (Å²) in [5.41, 5.74) is 1.79. The molecule has 0 bridgehead atoms. The van der Waals surface area contributed by atoms with Gasteiger partial charge in [0.15, 0.2) is 0 Å². The van der Waals surface area contributed by atoms with Crippen LogP contribution in [0.2, 0.25) is 0 Å². The molecule has 0 atom stereocenters. The average Bonchev–Trinajstić information content (AvgIpc) is 2.72. The number of anilines is 2. The van der Waals surface area contributed by atoms with Gasteiger partial charge in [-0.25, -0.2) is 19.6 Å². The van der Waals surface area contributed by atoms with Gasteiger partial charge in [-0.2, -0.15) is 0 Å². The summed E-state index contributed by atoms with van der Waals surface area (Å²) in [5, 5.41) is 4.04. The van der Waals surface area contributed by atoms with E-state index < -0.39 is 11.9 Å². The highest BCUT2D eigenvalue weighted by atomic mass is 16.5. The maximum absolute atomic E-state index is 12.0. The second-order valence-electron chi connectivity index (χ2n) is 6.51. The number of esters is 2. The third-order valence-corrected chi connectivity index (χ3v) is 4.17. The van der Waals surface area contributed by atoms with Crippen molar-refractivity contribution in [3.05, 3.63) is 59.4 Å². The van der Waals surface area contributed by atoms with Gasteiger partial charge < -0.3 is 14.8 Å². The topological polar surface area (TPSA) is 90.4 Å². The molecule has 0 fully saturated rings. The Morgan fingerprint density at radius 3 is 2.11 bits per heavy atom. The van der Waals surface area contributed by atoms with Gasteiger partial charge in [0, 0.05) is 17.0 Å². The Hall–Kier alpha value is -3.48. The number of rotatable bonds is 5. The number of hydrogen-bond donors (Lipinski definition) is 1. The summed E-state index contributed by atoms with van der Waals surface area (Å²) in [7, 11) is 2.57. The van der Waals surface area contributed by atoms with E-state index in [0.29, 0.717) is 17.3 Å². The Balaban J connectivity index is 2.12. The molecule has 0 saturated heterocycles. The number of carbonyl (C=O) groups excluding carboxylic acids is 2. The number of benzene rings is 2. The van der Waals surface area contributed by atoms with Crippen molar-refractivity contribution >= 4 is 34.3 Å². The van der Waals surface area contributed by atoms with Gasteiger partial charge in [0.1, 0.15) is 11.6 Å². The van der Waals surface area contributed by atoms with Crippen LogP contribution in [0.15, 0.2) is 42.5 Å². The first-order chi connectivity index (χ1) is 13.4. The molecule has 0 unspecified atom stereocenters. The van der Waals surface area contributed by atoms with E-state index in [2.05, 4.69) is 15.3 Å². The third-order valence-electron chi connectivity index (χ3n) is 4.17. The summed E-state index contributed by atoms with van der Waals surface area (Å²) in [6.45, 7) is 4.03. The van der Waals surface area contributed by atoms with E-state index in [1.165, 1.54) is 20.3 Å². The van der Waals surface area contributed by atoms with Gasteiger partial charge in [-0.05, 0) is 30.3 Å². The fourth-order valence-electron chi connectivity index (χ4n) is 2.76. The lowest BCUT2D eigenvalue weighted by Crippen LogP contribution is -2.09. The lowest BCUT2D eigenvalue weighted by molar-refractivity contribution is 0.0599. The molecule has 0 aliphatic rings. The van der Waals surface area contributed by atoms with Crippen LogP contribution in [0, 0.1) is 0 Å². The summed E-state index contributed by atoms with van der Waals surface area (Å²) < 4.78 is 9.57. The Bertz CT molecular complexity index is 1010. The van der Waals surface area contributed by atoms with Crippen LogP contribution in [-0.2, 0) is 9.47 Å². The highest BCUT2D eigenvalue weighted by Gasteiger charge is 2.16. The number of nitrogens with one attached hydrogen (secondary N) is 1. The van der Waals surface area contributed by atoms with E-state index in [9.17, 15) is 9.59 Å². The molecule has 2 aromatic carbocycles. The summed E-state index contributed by atoms with van der Waals surface area (Å²) in [6, 6.07) is 12.3. The molecule has 1 heterocycles. The number of aromatic nitrogens is 2. The minimum absolute atomic E-state index is 0.136. The number of nitrogens with zero attached hydrogens (tertiary/aromatic N) is 2. The molecule has 0 aliphatic heterocycles. The van der Waals surface area contributed by atoms with Crippen LogP contribution in [0.3, 0.4) is 0 Å². The normalized spacial score (nSPS) is 10.8. The van der Waals surface area contributed by atoms with Gasteiger partial charge in [-0.3, -0.25) is 0 Å². The minimum Gasteiger partial charge on any atom is -0.465 e. The van der Waals surface area contributed by atoms with E-state index in [-0.39, 0.29) is 17.0 Å². The molecule has 3 rings (SSSR count). The van der Waals surface area contributed by atoms with Gasteiger partial charge in [-0.15, -0.1) is 0 Å². The standard InChI is InChI=1S/C21H21N3O4/c1-12(2)18-23-17-8-6-5-7-16(17)19(24-18)22-15-10-13(20(25)27-3)9-14(11-15)21(26)28-4/h5-12H,1-4H3,(H,22,23,24). The van der Waals surface area contributed by atoms with Gasteiger partial charge in [0.2, 0.25) is 0 Å². The van der Waals surface area contributed by atoms with E-state index in [1.807, 2.05) is 38.1 Å². The van der Waals surface area contributed by atoms with Crippen LogP contribution in [0.1, 0.15) is 46.3 Å². The van der Waals surface area contributed by atoms with Crippen molar-refractivity contribution in [2.45, 2.75) is 19.8 Å². The van der Waals surface area contributed by atoms with Crippen LogP contribution in [-0.4, -0.2) is 36.1 Å². The van der Waals surface area contributed by atoms with Crippen molar-refractivity contribution in [3.8, 4) is 0 Å². The Morgan fingerprint density at radius 2 is 1.54 bits per heavy atom. The SMILES string of the molecule is COC(=O)c1cc(Nc2nc(C(C)C)nc3ccccc23)cc(C(=O)OC)c1. The van der Waals surface area contributed by atoms with Gasteiger partial charge in [-0.1, -0.05) is 26.0 Å². The van der Waals surface area contributed by atoms with Crippen molar-refractivity contribution < 1.29 is 19.1 Å². The van der Waals surface area contributed by atoms with E-state index in [1.54, 1.807) is 12.1 Å². The van der Waals surface area contributed by atoms with Crippen molar-refractivity contribution in [3.63, 3.8) is 0 Å². The molecule has 144 valence electrons. The van der Waals surface area contributed by atoms with Gasteiger partial charge in [0.25, 0.3) is 0 Å². The van der Waals surface area contributed by atoms with Crippen LogP contribution in [0.4, 0.5) is 11.5 Å². The van der Waals surface area contributed by atoms with E-state index in [0.717, 1.165) is 10.9 Å². The predicted molar refractivity (Wildman–Crippen MR) is 106 cm³/mol. The van der Waals surface area contributed by atoms with Crippen molar-refractivity contribution in [2.24, 2.45) is 0 Å². The Kier molecular flexibility index (Phi) is 5.54. The van der Waals surface area contributed by atoms with Crippen molar-refractivity contribution in [1.29, 1.82) is 0 Å². The highest BCUT2D eigenvalue weighted by Crippen LogP contribution is 2.27. The molecule has 7 heteroatoms. The number of para-hydroxylation sites is 1. The lowest BCUT2D eigenvalue weighted by atomic mass is 10.1. The second-order valence-corrected chi connectivity index (χ2v) is 6.51. The number of ether oxygens (including phenoxy) is 2. The lowest BCUT2D eigenvalue weighted by Gasteiger charge is -2.14. The maximum atomic E-state index is 12.0. The van der Waals surface area contributed by atoms with Crippen LogP contribution >= 0.6 is 0 Å². The first kappa shape index (κ1) is 19.3. The smallest absolute Gasteiger partial charge is 0.337 e. The zero-order valence-electron chi connectivity index (χ0n) is 16.1. The monoisotopic (exact) mass is 379 g/mol. The maximum Gasteiger partial charge on any atom is 0.337 e. The molecule has 3 aromatic rings. The molecule has 0 aliphatic carbocycles. The second kappa shape index (κ2) is 8.04. The van der Waals surface area contributed by atoms with Gasteiger partial charge >= 0.3 is 11.9 Å². The summed E-state index contributed by atoms with van der Waals surface area (Å²) in [6.07, 6.45) is 0. The zero-order valence-corrected chi connectivity index (χ0v) is 16.1. The number of fused-ring (bicyclic) bond motifs is 1. The van der Waals surface area contributed by atoms with E-state index >= 15 is 0 Å². The molecule has 1 N–H and O–H groups in total. The number of carbonyl (C=O) groups is 2. The molecule has 0 saturated carbocycles. The van der Waals surface area contributed by atoms with Crippen LogP contribution in [0.5, 0.6) is 0 Å². The zero-order chi connectivity index (χ0) is 20.3. The fraction of sp³-hybridized carbons (Fsp3) is 0.238. The van der Waals surface area contributed by atoms with E-state index in [4.69, 9.17) is 9.47 Å². The summed E-state index contributed by atoms with van der Waals surface area (Å²) in [4.78, 5) is 33.2. The first-order valence-corrected chi connectivity index (χ1v) is 8.78. The van der Waals surface area contributed by atoms with Crippen LogP contribution in [0.25, 0.3) is 10.9 Å². The molecule has 0 radical (unpaired) electrons. The molecular formula is C21H21N3O4. The Labute approximate surface area is 162 Å². The Morgan fingerprint density at radius 1 is 0.929 bits per heavy atom. The summed E-state index contributed by atoms with van der Waals surface area (Å²) >= 11 is 0. The molecule has 0 spiro atoms. The number of hydrogen-bond acceptors (Lipinski definition) is 7. The molecule has 28 heavy (non-hydrogen) atoms. The number of methoxy groups -OCH3 is 2.